The highest BCUT2D eigenvalue weighted by molar-refractivity contribution is 9.10. The first-order chi connectivity index (χ1) is 7.43. The fraction of sp³-hybridized carbons (Fsp3) is 0.500. The van der Waals surface area contributed by atoms with E-state index in [4.69, 9.17) is 5.73 Å². The van der Waals surface area contributed by atoms with Gasteiger partial charge < -0.3 is 5.73 Å². The van der Waals surface area contributed by atoms with E-state index in [1.54, 1.807) is 0 Å². The number of hydrogen-bond acceptors (Lipinski definition) is 1. The molecule has 0 radical (unpaired) electrons. The lowest BCUT2D eigenvalue weighted by Gasteiger charge is -2.15. The van der Waals surface area contributed by atoms with Gasteiger partial charge in [0.05, 0.1) is 4.47 Å². The van der Waals surface area contributed by atoms with Crippen molar-refractivity contribution >= 4 is 28.3 Å². The molecule has 17 heavy (non-hydrogen) atoms. The smallest absolute Gasteiger partial charge is 0.145 e. The van der Waals surface area contributed by atoms with Gasteiger partial charge in [-0.2, -0.15) is 0 Å². The van der Waals surface area contributed by atoms with Crippen LogP contribution in [0.25, 0.3) is 0 Å². The predicted molar refractivity (Wildman–Crippen MR) is 72.3 cm³/mol. The van der Waals surface area contributed by atoms with Gasteiger partial charge in [0.25, 0.3) is 0 Å². The van der Waals surface area contributed by atoms with Crippen LogP contribution < -0.4 is 5.73 Å². The van der Waals surface area contributed by atoms with Crippen molar-refractivity contribution in [1.29, 1.82) is 0 Å². The summed E-state index contributed by atoms with van der Waals surface area (Å²) in [4.78, 5) is 0. The predicted octanol–water partition coefficient (Wildman–Crippen LogP) is 4.59. The van der Waals surface area contributed by atoms with Gasteiger partial charge in [0.2, 0.25) is 0 Å². The van der Waals surface area contributed by atoms with Crippen LogP contribution in [0.2, 0.25) is 0 Å². The van der Waals surface area contributed by atoms with Crippen molar-refractivity contribution in [2.45, 2.75) is 32.7 Å². The molecule has 0 aliphatic rings. The summed E-state index contributed by atoms with van der Waals surface area (Å²) in [5.74, 6) is -0.683. The lowest BCUT2D eigenvalue weighted by Crippen LogP contribution is -2.15. The Morgan fingerprint density at radius 1 is 1.24 bits per heavy atom. The molecule has 0 heterocycles. The van der Waals surface area contributed by atoms with Crippen molar-refractivity contribution in [3.8, 4) is 0 Å². The van der Waals surface area contributed by atoms with E-state index in [2.05, 4.69) is 29.8 Å². The Kier molecular flexibility index (Phi) is 7.21. The zero-order valence-electron chi connectivity index (χ0n) is 9.84. The van der Waals surface area contributed by atoms with Gasteiger partial charge in [-0.1, -0.05) is 13.8 Å². The van der Waals surface area contributed by atoms with Crippen molar-refractivity contribution in [2.24, 2.45) is 11.7 Å². The fourth-order valence-electron chi connectivity index (χ4n) is 1.54. The lowest BCUT2D eigenvalue weighted by atomic mass is 9.97. The van der Waals surface area contributed by atoms with Gasteiger partial charge in [-0.25, -0.2) is 8.78 Å². The van der Waals surface area contributed by atoms with Gasteiger partial charge in [-0.3, -0.25) is 0 Å². The van der Waals surface area contributed by atoms with E-state index in [9.17, 15) is 8.78 Å². The molecule has 1 atom stereocenters. The fourth-order valence-corrected chi connectivity index (χ4v) is 1.89. The summed E-state index contributed by atoms with van der Waals surface area (Å²) in [6, 6.07) is 2.00. The van der Waals surface area contributed by atoms with Gasteiger partial charge in [0, 0.05) is 11.6 Å². The molecule has 0 fully saturated rings. The normalized spacial score (nSPS) is 12.4. The summed E-state index contributed by atoms with van der Waals surface area (Å²) in [5, 5.41) is 0. The molecule has 0 saturated heterocycles. The molecule has 0 aromatic heterocycles. The van der Waals surface area contributed by atoms with Crippen LogP contribution in [0, 0.1) is 17.6 Å². The van der Waals surface area contributed by atoms with Crippen molar-refractivity contribution in [3.63, 3.8) is 0 Å². The molecule has 0 saturated carbocycles. The topological polar surface area (TPSA) is 26.0 Å². The Morgan fingerprint density at radius 2 is 1.82 bits per heavy atom. The number of hydrogen-bond donors (Lipinski definition) is 1. The van der Waals surface area contributed by atoms with Gasteiger partial charge in [-0.05, 0) is 46.8 Å². The molecule has 5 heteroatoms. The number of nitrogens with two attached hydrogens (primary N) is 1. The van der Waals surface area contributed by atoms with Crippen LogP contribution in [-0.2, 0) is 0 Å². The zero-order chi connectivity index (χ0) is 12.3. The standard InChI is InChI=1S/C12H16BrF2N.ClH/c1-7(2)3-6-10(16)11-9(14)5-4-8(13)12(11)15;/h4-5,7,10H,3,6,16H2,1-2H3;1H/t10-;/m1./s1. The first kappa shape index (κ1) is 16.8. The van der Waals surface area contributed by atoms with Gasteiger partial charge in [0.15, 0.2) is 0 Å². The first-order valence-corrected chi connectivity index (χ1v) is 6.11. The zero-order valence-corrected chi connectivity index (χ0v) is 12.2. The second kappa shape index (κ2) is 7.29. The number of rotatable bonds is 4. The Labute approximate surface area is 115 Å². The van der Waals surface area contributed by atoms with E-state index < -0.39 is 17.7 Å². The highest BCUT2D eigenvalue weighted by Crippen LogP contribution is 2.28. The van der Waals surface area contributed by atoms with Crippen LogP contribution in [0.3, 0.4) is 0 Å². The van der Waals surface area contributed by atoms with E-state index in [1.807, 2.05) is 0 Å². The largest absolute Gasteiger partial charge is 0.324 e. The Bertz CT molecular complexity index is 372. The van der Waals surface area contributed by atoms with E-state index >= 15 is 0 Å². The average molecular weight is 329 g/mol. The van der Waals surface area contributed by atoms with Crippen molar-refractivity contribution < 1.29 is 8.78 Å². The molecule has 0 unspecified atom stereocenters. The summed E-state index contributed by atoms with van der Waals surface area (Å²) in [5.41, 5.74) is 5.79. The summed E-state index contributed by atoms with van der Waals surface area (Å²) in [6.07, 6.45) is 1.44. The maximum absolute atomic E-state index is 13.7. The molecule has 0 bridgehead atoms. The third-order valence-corrected chi connectivity index (χ3v) is 3.12. The summed E-state index contributed by atoms with van der Waals surface area (Å²) >= 11 is 3.03. The second-order valence-electron chi connectivity index (χ2n) is 4.33. The van der Waals surface area contributed by atoms with Gasteiger partial charge >= 0.3 is 0 Å². The Hall–Kier alpha value is -0.190. The molecule has 0 amide bonds. The molecule has 2 N–H and O–H groups in total. The van der Waals surface area contributed by atoms with E-state index in [0.717, 1.165) is 6.42 Å². The van der Waals surface area contributed by atoms with Crippen molar-refractivity contribution in [1.82, 2.24) is 0 Å². The van der Waals surface area contributed by atoms with Crippen LogP contribution >= 0.6 is 28.3 Å². The van der Waals surface area contributed by atoms with Crippen LogP contribution in [0.5, 0.6) is 0 Å². The maximum atomic E-state index is 13.7. The molecule has 0 aliphatic carbocycles. The Morgan fingerprint density at radius 3 is 2.35 bits per heavy atom. The van der Waals surface area contributed by atoms with Crippen LogP contribution in [0.4, 0.5) is 8.78 Å². The van der Waals surface area contributed by atoms with E-state index in [1.165, 1.54) is 12.1 Å². The molecule has 1 aromatic carbocycles. The number of benzene rings is 1. The lowest BCUT2D eigenvalue weighted by molar-refractivity contribution is 0.467. The molecule has 0 aliphatic heterocycles. The quantitative estimate of drug-likeness (QED) is 0.804. The SMILES string of the molecule is CC(C)CC[C@@H](N)c1c(F)ccc(Br)c1F.Cl. The van der Waals surface area contributed by atoms with E-state index in [-0.39, 0.29) is 22.4 Å². The molecule has 98 valence electrons. The minimum absolute atomic E-state index is 0. The molecule has 1 aromatic rings. The van der Waals surface area contributed by atoms with Gasteiger partial charge in [-0.15, -0.1) is 12.4 Å². The maximum Gasteiger partial charge on any atom is 0.145 e. The van der Waals surface area contributed by atoms with Crippen LogP contribution in [0.1, 0.15) is 38.3 Å². The highest BCUT2D eigenvalue weighted by Gasteiger charge is 2.18. The highest BCUT2D eigenvalue weighted by atomic mass is 79.9. The molecule has 1 rings (SSSR count). The second-order valence-corrected chi connectivity index (χ2v) is 5.19. The first-order valence-electron chi connectivity index (χ1n) is 5.32. The minimum Gasteiger partial charge on any atom is -0.324 e. The Balaban J connectivity index is 0.00000256. The molecule has 0 spiro atoms. The monoisotopic (exact) mass is 327 g/mol. The van der Waals surface area contributed by atoms with E-state index in [0.29, 0.717) is 12.3 Å². The minimum atomic E-state index is -0.587. The van der Waals surface area contributed by atoms with Gasteiger partial charge in [0.1, 0.15) is 11.6 Å². The molecular formula is C12H17BrClF2N. The van der Waals surface area contributed by atoms with Crippen LogP contribution in [0.15, 0.2) is 16.6 Å². The van der Waals surface area contributed by atoms with Crippen LogP contribution in [-0.4, -0.2) is 0 Å². The molecular weight excluding hydrogens is 311 g/mol. The van der Waals surface area contributed by atoms with Crippen molar-refractivity contribution in [3.05, 3.63) is 33.8 Å². The summed E-state index contributed by atoms with van der Waals surface area (Å²) in [6.45, 7) is 4.11. The summed E-state index contributed by atoms with van der Waals surface area (Å²) < 4.78 is 27.4. The third-order valence-electron chi connectivity index (χ3n) is 2.51. The van der Waals surface area contributed by atoms with Crippen molar-refractivity contribution in [2.75, 3.05) is 0 Å². The summed E-state index contributed by atoms with van der Waals surface area (Å²) in [7, 11) is 0. The molecule has 1 nitrogen and oxygen atoms in total. The third kappa shape index (κ3) is 4.53. The average Bonchev–Trinajstić information content (AvgIpc) is 2.21. The number of halogens is 4.